The van der Waals surface area contributed by atoms with Crippen molar-refractivity contribution in [2.24, 2.45) is 0 Å². The van der Waals surface area contributed by atoms with E-state index in [0.717, 1.165) is 37.4 Å². The van der Waals surface area contributed by atoms with E-state index < -0.39 is 23.6 Å². The fourth-order valence-corrected chi connectivity index (χ4v) is 3.18. The normalized spacial score (nSPS) is 14.9. The smallest absolute Gasteiger partial charge is 0.379 e. The van der Waals surface area contributed by atoms with Gasteiger partial charge in [0.2, 0.25) is 5.91 Å². The van der Waals surface area contributed by atoms with Crippen molar-refractivity contribution in [2.45, 2.75) is 12.6 Å². The Balaban J connectivity index is 1.65. The third kappa shape index (κ3) is 6.79. The summed E-state index contributed by atoms with van der Waals surface area (Å²) in [5.74, 6) is -0.799. The van der Waals surface area contributed by atoms with Crippen molar-refractivity contribution in [1.82, 2.24) is 15.0 Å². The van der Waals surface area contributed by atoms with Crippen LogP contribution in [0.1, 0.15) is 22.3 Å². The Kier molecular flexibility index (Phi) is 7.64. The number of hydrogen-bond donors (Lipinski definition) is 1. The van der Waals surface area contributed by atoms with Gasteiger partial charge in [0.1, 0.15) is 12.8 Å². The summed E-state index contributed by atoms with van der Waals surface area (Å²) in [5, 5.41) is 6.10. The highest BCUT2D eigenvalue weighted by Crippen LogP contribution is 2.29. The Bertz CT molecular complexity index is 850. The van der Waals surface area contributed by atoms with Crippen molar-refractivity contribution in [2.75, 3.05) is 51.3 Å². The maximum atomic E-state index is 12.9. The van der Waals surface area contributed by atoms with Crippen LogP contribution < -0.4 is 5.32 Å². The molecule has 1 fully saturated rings. The Hall–Kier alpha value is -2.92. The van der Waals surface area contributed by atoms with Gasteiger partial charge in [-0.2, -0.15) is 13.2 Å². The predicted octanol–water partition coefficient (Wildman–Crippen LogP) is 2.50. The number of morpholine rings is 1. The monoisotopic (exact) mass is 440 g/mol. The molecular weight excluding hydrogens is 417 g/mol. The van der Waals surface area contributed by atoms with Gasteiger partial charge < -0.3 is 19.5 Å². The van der Waals surface area contributed by atoms with Gasteiger partial charge >= 0.3 is 6.18 Å². The highest BCUT2D eigenvalue weighted by molar-refractivity contribution is 5.99. The number of alkyl halides is 3. The summed E-state index contributed by atoms with van der Waals surface area (Å²) < 4.78 is 48.4. The Labute approximate surface area is 176 Å². The van der Waals surface area contributed by atoms with Gasteiger partial charge in [-0.1, -0.05) is 5.16 Å². The number of halogens is 3. The summed E-state index contributed by atoms with van der Waals surface area (Å²) in [6.07, 6.45) is -2.59. The van der Waals surface area contributed by atoms with Crippen molar-refractivity contribution in [3.63, 3.8) is 0 Å². The van der Waals surface area contributed by atoms with E-state index in [1.165, 1.54) is 17.2 Å². The van der Waals surface area contributed by atoms with E-state index in [0.29, 0.717) is 26.2 Å². The van der Waals surface area contributed by atoms with Crippen LogP contribution in [-0.4, -0.2) is 72.7 Å². The number of amides is 2. The number of carbonyl (C=O) groups excluding carboxylic acids is 2. The molecule has 0 unspecified atom stereocenters. The zero-order valence-electron chi connectivity index (χ0n) is 16.7. The average molecular weight is 440 g/mol. The van der Waals surface area contributed by atoms with Crippen molar-refractivity contribution in [1.29, 1.82) is 0 Å². The number of anilines is 1. The molecule has 1 N–H and O–H groups in total. The second-order valence-electron chi connectivity index (χ2n) is 7.04. The first-order valence-corrected chi connectivity index (χ1v) is 9.80. The molecule has 168 valence electrons. The summed E-state index contributed by atoms with van der Waals surface area (Å²) in [6.45, 7) is 3.59. The molecule has 1 aromatic heterocycles. The average Bonchev–Trinajstić information content (AvgIpc) is 3.25. The zero-order valence-corrected chi connectivity index (χ0v) is 16.7. The van der Waals surface area contributed by atoms with Gasteiger partial charge in [-0.05, 0) is 30.7 Å². The molecule has 1 aliphatic rings. The minimum atomic E-state index is -4.49. The molecule has 11 heteroatoms. The van der Waals surface area contributed by atoms with Crippen molar-refractivity contribution in [3.8, 4) is 0 Å². The molecule has 1 aliphatic heterocycles. The first-order chi connectivity index (χ1) is 14.8. The molecular formula is C20H23F3N4O4. The molecule has 0 bridgehead atoms. The fourth-order valence-electron chi connectivity index (χ4n) is 3.18. The molecule has 31 heavy (non-hydrogen) atoms. The van der Waals surface area contributed by atoms with Crippen molar-refractivity contribution < 1.29 is 32.0 Å². The minimum absolute atomic E-state index is 0.0774. The second-order valence-corrected chi connectivity index (χ2v) is 7.04. The van der Waals surface area contributed by atoms with Gasteiger partial charge in [0.05, 0.1) is 18.8 Å². The zero-order chi connectivity index (χ0) is 22.3. The lowest BCUT2D eigenvalue weighted by molar-refractivity contribution is -0.137. The van der Waals surface area contributed by atoms with Crippen LogP contribution in [-0.2, 0) is 15.7 Å². The van der Waals surface area contributed by atoms with Crippen LogP contribution in [0.5, 0.6) is 0 Å². The number of rotatable bonds is 8. The van der Waals surface area contributed by atoms with Crippen LogP contribution in [0.3, 0.4) is 0 Å². The number of aromatic nitrogens is 1. The second kappa shape index (κ2) is 10.4. The predicted molar refractivity (Wildman–Crippen MR) is 104 cm³/mol. The largest absolute Gasteiger partial charge is 0.416 e. The maximum Gasteiger partial charge on any atom is 0.416 e. The first kappa shape index (κ1) is 22.8. The fraction of sp³-hybridized carbons (Fsp3) is 0.450. The van der Waals surface area contributed by atoms with Crippen LogP contribution >= 0.6 is 0 Å². The number of ether oxygens (including phenoxy) is 1. The molecule has 3 rings (SSSR count). The molecule has 2 amide bonds. The molecule has 2 aromatic rings. The van der Waals surface area contributed by atoms with E-state index in [1.807, 2.05) is 0 Å². The third-order valence-electron chi connectivity index (χ3n) is 4.79. The van der Waals surface area contributed by atoms with E-state index in [2.05, 4.69) is 19.9 Å². The molecule has 8 nitrogen and oxygen atoms in total. The number of carbonyl (C=O) groups is 2. The van der Waals surface area contributed by atoms with Crippen LogP contribution in [0.15, 0.2) is 41.1 Å². The molecule has 2 heterocycles. The van der Waals surface area contributed by atoms with Crippen LogP contribution in [0.25, 0.3) is 0 Å². The SMILES string of the molecule is O=C(CN(CCCN1CCOCC1)C(=O)c1ccc(C(F)(F)F)cc1)Nc1ccon1. The van der Waals surface area contributed by atoms with Gasteiger partial charge in [0.15, 0.2) is 5.82 Å². The summed E-state index contributed by atoms with van der Waals surface area (Å²) in [7, 11) is 0. The lowest BCUT2D eigenvalue weighted by Gasteiger charge is -2.28. The standard InChI is InChI=1S/C20H23F3N4O4/c21-20(22,23)16-4-2-15(3-5-16)19(29)27(8-1-7-26-9-12-30-13-10-26)14-18(28)24-17-6-11-31-25-17/h2-6,11H,1,7-10,12-14H2,(H,24,25,28). The quantitative estimate of drug-likeness (QED) is 0.679. The van der Waals surface area contributed by atoms with E-state index >= 15 is 0 Å². The molecule has 0 saturated carbocycles. The van der Waals surface area contributed by atoms with Gasteiger partial charge in [0.25, 0.3) is 5.91 Å². The highest BCUT2D eigenvalue weighted by atomic mass is 19.4. The van der Waals surface area contributed by atoms with Gasteiger partial charge in [-0.15, -0.1) is 0 Å². The first-order valence-electron chi connectivity index (χ1n) is 9.80. The highest BCUT2D eigenvalue weighted by Gasteiger charge is 2.30. The number of nitrogens with zero attached hydrogens (tertiary/aromatic N) is 3. The van der Waals surface area contributed by atoms with Crippen LogP contribution in [0.2, 0.25) is 0 Å². The number of hydrogen-bond acceptors (Lipinski definition) is 6. The molecule has 0 radical (unpaired) electrons. The van der Waals surface area contributed by atoms with Crippen LogP contribution in [0.4, 0.5) is 19.0 Å². The topological polar surface area (TPSA) is 87.9 Å². The third-order valence-corrected chi connectivity index (χ3v) is 4.79. The minimum Gasteiger partial charge on any atom is -0.379 e. The van der Waals surface area contributed by atoms with Gasteiger partial charge in [-0.3, -0.25) is 14.5 Å². The van der Waals surface area contributed by atoms with E-state index in [1.54, 1.807) is 0 Å². The Morgan fingerprint density at radius 3 is 2.45 bits per heavy atom. The number of benzene rings is 1. The lowest BCUT2D eigenvalue weighted by Crippen LogP contribution is -2.41. The molecule has 0 atom stereocenters. The summed E-state index contributed by atoms with van der Waals surface area (Å²) in [5.41, 5.74) is -0.764. The Morgan fingerprint density at radius 1 is 1.13 bits per heavy atom. The molecule has 1 saturated heterocycles. The van der Waals surface area contributed by atoms with E-state index in [-0.39, 0.29) is 24.5 Å². The molecule has 0 spiro atoms. The lowest BCUT2D eigenvalue weighted by atomic mass is 10.1. The summed E-state index contributed by atoms with van der Waals surface area (Å²) in [4.78, 5) is 28.8. The van der Waals surface area contributed by atoms with Crippen molar-refractivity contribution in [3.05, 3.63) is 47.7 Å². The maximum absolute atomic E-state index is 12.9. The number of nitrogens with one attached hydrogen (secondary N) is 1. The van der Waals surface area contributed by atoms with Crippen molar-refractivity contribution >= 4 is 17.6 Å². The van der Waals surface area contributed by atoms with E-state index in [9.17, 15) is 22.8 Å². The van der Waals surface area contributed by atoms with Crippen LogP contribution in [0, 0.1) is 0 Å². The molecule has 0 aliphatic carbocycles. The molecule has 1 aromatic carbocycles. The summed E-state index contributed by atoms with van der Waals surface area (Å²) in [6, 6.07) is 5.41. The van der Waals surface area contributed by atoms with E-state index in [4.69, 9.17) is 4.74 Å². The van der Waals surface area contributed by atoms with Gasteiger partial charge in [0, 0.05) is 37.8 Å². The summed E-state index contributed by atoms with van der Waals surface area (Å²) >= 11 is 0. The Morgan fingerprint density at radius 2 is 1.84 bits per heavy atom. The van der Waals surface area contributed by atoms with Gasteiger partial charge in [-0.25, -0.2) is 0 Å².